The van der Waals surface area contributed by atoms with Gasteiger partial charge in [0.05, 0.1) is 25.8 Å². The van der Waals surface area contributed by atoms with E-state index < -0.39 is 11.9 Å². The molecule has 0 aromatic rings. The van der Waals surface area contributed by atoms with Crippen LogP contribution in [0.25, 0.3) is 0 Å². The van der Waals surface area contributed by atoms with Crippen molar-refractivity contribution in [2.24, 2.45) is 0 Å². The van der Waals surface area contributed by atoms with Crippen molar-refractivity contribution in [2.75, 3.05) is 26.2 Å². The summed E-state index contributed by atoms with van der Waals surface area (Å²) in [4.78, 5) is 22.0. The molecule has 1 atom stereocenters. The van der Waals surface area contributed by atoms with Gasteiger partial charge in [0.1, 0.15) is 0 Å². The maximum Gasteiger partial charge on any atom is 1.00 e. The zero-order valence-corrected chi connectivity index (χ0v) is 13.0. The monoisotopic (exact) mass is 237 g/mol. The van der Waals surface area contributed by atoms with Crippen molar-refractivity contribution in [1.29, 1.82) is 0 Å². The van der Waals surface area contributed by atoms with Gasteiger partial charge in [-0.3, -0.25) is 14.5 Å². The van der Waals surface area contributed by atoms with Gasteiger partial charge in [0, 0.05) is 6.54 Å². The molecule has 0 aliphatic carbocycles. The average Bonchev–Trinajstić information content (AvgIpc) is 2.67. The van der Waals surface area contributed by atoms with E-state index in [1.807, 2.05) is 0 Å². The van der Waals surface area contributed by atoms with Crippen LogP contribution in [0.1, 0.15) is 2.85 Å². The first-order valence-electron chi connectivity index (χ1n) is 3.85. The average molecular weight is 237 g/mol. The minimum Gasteiger partial charge on any atom is -1.00 e. The van der Waals surface area contributed by atoms with Crippen molar-refractivity contribution in [1.82, 2.24) is 4.90 Å². The Hall–Kier alpha value is 0.860. The van der Waals surface area contributed by atoms with Gasteiger partial charge in [-0.05, 0) is 0 Å². The second-order valence-electron chi connectivity index (χ2n) is 2.91. The molecule has 1 rings (SSSR count). The fourth-order valence-corrected chi connectivity index (χ4v) is 1.03. The van der Waals surface area contributed by atoms with Crippen LogP contribution in [0.2, 0.25) is 0 Å². The molecule has 1 fully saturated rings. The van der Waals surface area contributed by atoms with E-state index in [-0.39, 0.29) is 81.2 Å². The molecule has 0 aromatic heterocycles. The number of ether oxygens (including phenoxy) is 1. The standard InChI is InChI=1S/C7H11NO5.2Na.2H/c9-6(10)2-8(3-7(11)12)1-5-4-13-5;;;;/h5H,1-4H2,(H,9,10)(H,11,12);;;;/q;2*+1;2*-1. The third kappa shape index (κ3) is 9.77. The molecule has 0 bridgehead atoms. The Bertz CT molecular complexity index is 214. The summed E-state index contributed by atoms with van der Waals surface area (Å²) in [7, 11) is 0. The predicted octanol–water partition coefficient (Wildman–Crippen LogP) is -6.91. The minimum absolute atomic E-state index is 0. The largest absolute Gasteiger partial charge is 1.00 e. The fraction of sp³-hybridized carbons (Fsp3) is 0.714. The second-order valence-corrected chi connectivity index (χ2v) is 2.91. The molecule has 1 aliphatic heterocycles. The smallest absolute Gasteiger partial charge is 1.00 e. The van der Waals surface area contributed by atoms with Gasteiger partial charge in [-0.1, -0.05) is 0 Å². The Morgan fingerprint density at radius 1 is 1.27 bits per heavy atom. The van der Waals surface area contributed by atoms with Crippen LogP contribution in [0.3, 0.4) is 0 Å². The summed E-state index contributed by atoms with van der Waals surface area (Å²) in [6.45, 7) is 0.451. The quantitative estimate of drug-likeness (QED) is 0.352. The zero-order valence-electron chi connectivity index (χ0n) is 11.0. The molecule has 15 heavy (non-hydrogen) atoms. The van der Waals surface area contributed by atoms with Gasteiger partial charge in [-0.25, -0.2) is 0 Å². The Morgan fingerprint density at radius 3 is 1.93 bits per heavy atom. The third-order valence-corrected chi connectivity index (χ3v) is 1.58. The normalized spacial score (nSPS) is 17.5. The molecule has 78 valence electrons. The van der Waals surface area contributed by atoms with Crippen LogP contribution in [-0.2, 0) is 14.3 Å². The minimum atomic E-state index is -1.03. The summed E-state index contributed by atoms with van der Waals surface area (Å²) in [5.41, 5.74) is 0. The van der Waals surface area contributed by atoms with Crippen LogP contribution in [0.15, 0.2) is 0 Å². The third-order valence-electron chi connectivity index (χ3n) is 1.58. The van der Waals surface area contributed by atoms with Gasteiger partial charge in [-0.15, -0.1) is 0 Å². The Kier molecular flexibility index (Phi) is 10.9. The van der Waals surface area contributed by atoms with Crippen molar-refractivity contribution >= 4 is 11.9 Å². The first kappa shape index (κ1) is 18.2. The van der Waals surface area contributed by atoms with Gasteiger partial charge in [0.2, 0.25) is 0 Å². The van der Waals surface area contributed by atoms with Crippen LogP contribution < -0.4 is 59.1 Å². The first-order valence-corrected chi connectivity index (χ1v) is 3.85. The number of carboxylic acid groups (broad SMARTS) is 2. The van der Waals surface area contributed by atoms with E-state index in [4.69, 9.17) is 14.9 Å². The number of carbonyl (C=O) groups is 2. The second kappa shape index (κ2) is 8.95. The van der Waals surface area contributed by atoms with Gasteiger partial charge in [-0.2, -0.15) is 0 Å². The summed E-state index contributed by atoms with van der Waals surface area (Å²) in [5, 5.41) is 16.9. The van der Waals surface area contributed by atoms with Crippen molar-refractivity contribution in [3.8, 4) is 0 Å². The van der Waals surface area contributed by atoms with E-state index in [2.05, 4.69) is 0 Å². The van der Waals surface area contributed by atoms with E-state index in [1.54, 1.807) is 0 Å². The molecule has 1 saturated heterocycles. The van der Waals surface area contributed by atoms with Crippen LogP contribution >= 0.6 is 0 Å². The molecule has 8 heteroatoms. The molecule has 6 nitrogen and oxygen atoms in total. The molecule has 1 heterocycles. The fourth-order valence-electron chi connectivity index (χ4n) is 1.03. The molecule has 1 unspecified atom stereocenters. The summed E-state index contributed by atoms with van der Waals surface area (Å²) < 4.78 is 4.87. The van der Waals surface area contributed by atoms with Crippen LogP contribution in [-0.4, -0.2) is 59.4 Å². The SMILES string of the molecule is O=C(O)CN(CC(=O)O)CC1CO1.[H-].[H-].[Na+].[Na+]. The summed E-state index contributed by atoms with van der Waals surface area (Å²) >= 11 is 0. The topological polar surface area (TPSA) is 90.4 Å². The number of nitrogens with zero attached hydrogens (tertiary/aromatic N) is 1. The molecule has 2 N–H and O–H groups in total. The van der Waals surface area contributed by atoms with E-state index in [0.29, 0.717) is 13.2 Å². The summed E-state index contributed by atoms with van der Waals surface area (Å²) in [6.07, 6.45) is 0.0127. The molecule has 1 aliphatic rings. The molecule has 0 amide bonds. The molecular formula is C7H13NNa2O5. The van der Waals surface area contributed by atoms with Crippen molar-refractivity contribution in [3.05, 3.63) is 0 Å². The van der Waals surface area contributed by atoms with Crippen LogP contribution in [0.5, 0.6) is 0 Å². The van der Waals surface area contributed by atoms with E-state index in [1.165, 1.54) is 4.90 Å². The number of hydrogen-bond donors (Lipinski definition) is 2. The number of epoxide rings is 1. The molecular weight excluding hydrogens is 224 g/mol. The number of hydrogen-bond acceptors (Lipinski definition) is 4. The van der Waals surface area contributed by atoms with Crippen molar-refractivity contribution < 1.29 is 86.5 Å². The maximum absolute atomic E-state index is 10.3. The van der Waals surface area contributed by atoms with Gasteiger partial charge in [0.25, 0.3) is 0 Å². The van der Waals surface area contributed by atoms with Crippen LogP contribution in [0, 0.1) is 0 Å². The molecule has 0 aromatic carbocycles. The van der Waals surface area contributed by atoms with Crippen LogP contribution in [0.4, 0.5) is 0 Å². The van der Waals surface area contributed by atoms with Crippen molar-refractivity contribution in [3.63, 3.8) is 0 Å². The summed E-state index contributed by atoms with van der Waals surface area (Å²) in [5.74, 6) is -2.05. The number of rotatable bonds is 6. The van der Waals surface area contributed by atoms with E-state index in [0.717, 1.165) is 0 Å². The predicted molar refractivity (Wildman–Crippen MR) is 43.7 cm³/mol. The number of carboxylic acids is 2. The molecule has 0 radical (unpaired) electrons. The first-order chi connectivity index (χ1) is 6.08. The zero-order chi connectivity index (χ0) is 9.84. The number of aliphatic carboxylic acids is 2. The van der Waals surface area contributed by atoms with E-state index >= 15 is 0 Å². The Morgan fingerprint density at radius 2 is 1.67 bits per heavy atom. The van der Waals surface area contributed by atoms with Gasteiger partial charge in [0.15, 0.2) is 0 Å². The van der Waals surface area contributed by atoms with Crippen molar-refractivity contribution in [2.45, 2.75) is 6.10 Å². The summed E-state index contributed by atoms with van der Waals surface area (Å²) in [6, 6.07) is 0. The molecule has 0 saturated carbocycles. The maximum atomic E-state index is 10.3. The van der Waals surface area contributed by atoms with E-state index in [9.17, 15) is 9.59 Å². The Balaban J connectivity index is -0.000000211. The van der Waals surface area contributed by atoms with Gasteiger partial charge < -0.3 is 17.8 Å². The Labute approximate surface area is 135 Å². The molecule has 0 spiro atoms. The van der Waals surface area contributed by atoms with Gasteiger partial charge >= 0.3 is 71.1 Å².